The van der Waals surface area contributed by atoms with Gasteiger partial charge in [-0.3, -0.25) is 9.73 Å². The van der Waals surface area contributed by atoms with E-state index in [4.69, 9.17) is 4.94 Å². The topological polar surface area (TPSA) is 104 Å². The maximum absolute atomic E-state index is 12.0. The Morgan fingerprint density at radius 2 is 1.47 bits per heavy atom. The van der Waals surface area contributed by atoms with Crippen LogP contribution in [-0.2, 0) is 20.1 Å². The number of hydrogen-bond donors (Lipinski definition) is 2. The number of rotatable bonds is 9. The molecule has 0 bridgehead atoms. The SMILES string of the molecule is O=C(O)C(=NON1CCCCC1=O)c1csc(NC(c2ccccc2)(c2ccccc2)c2ccccc2)n1. The molecule has 38 heavy (non-hydrogen) atoms. The molecule has 0 saturated carbocycles. The summed E-state index contributed by atoms with van der Waals surface area (Å²) in [6.45, 7) is 0.368. The van der Waals surface area contributed by atoms with Crippen molar-refractivity contribution in [1.82, 2.24) is 10.0 Å². The van der Waals surface area contributed by atoms with Crippen LogP contribution in [0.1, 0.15) is 41.6 Å². The molecule has 0 unspecified atom stereocenters. The summed E-state index contributed by atoms with van der Waals surface area (Å²) in [5.41, 5.74) is 1.93. The Labute approximate surface area is 224 Å². The summed E-state index contributed by atoms with van der Waals surface area (Å²) in [6.07, 6.45) is 1.90. The summed E-state index contributed by atoms with van der Waals surface area (Å²) in [7, 11) is 0. The summed E-state index contributed by atoms with van der Waals surface area (Å²) >= 11 is 1.27. The van der Waals surface area contributed by atoms with Crippen LogP contribution in [0.5, 0.6) is 0 Å². The third-order valence-electron chi connectivity index (χ3n) is 6.37. The van der Waals surface area contributed by atoms with Crippen molar-refractivity contribution in [3.8, 4) is 0 Å². The molecule has 9 heteroatoms. The zero-order chi connectivity index (χ0) is 26.4. The van der Waals surface area contributed by atoms with Crippen molar-refractivity contribution < 1.29 is 19.6 Å². The van der Waals surface area contributed by atoms with Gasteiger partial charge < -0.3 is 10.4 Å². The minimum Gasteiger partial charge on any atom is -0.476 e. The van der Waals surface area contributed by atoms with Gasteiger partial charge in [-0.25, -0.2) is 9.78 Å². The predicted molar refractivity (Wildman–Crippen MR) is 146 cm³/mol. The molecule has 0 atom stereocenters. The number of carbonyl (C=O) groups is 2. The molecule has 8 nitrogen and oxygen atoms in total. The van der Waals surface area contributed by atoms with Gasteiger partial charge in [-0.15, -0.1) is 16.4 Å². The van der Waals surface area contributed by atoms with Gasteiger partial charge >= 0.3 is 5.97 Å². The number of anilines is 1. The van der Waals surface area contributed by atoms with E-state index in [0.717, 1.165) is 34.6 Å². The van der Waals surface area contributed by atoms with Gasteiger partial charge in [-0.05, 0) is 34.7 Å². The molecular weight excluding hydrogens is 500 g/mol. The van der Waals surface area contributed by atoms with E-state index >= 15 is 0 Å². The Balaban J connectivity index is 1.55. The Bertz CT molecular complexity index is 1330. The van der Waals surface area contributed by atoms with Gasteiger partial charge in [0.05, 0.1) is 6.54 Å². The Morgan fingerprint density at radius 1 is 0.921 bits per heavy atom. The van der Waals surface area contributed by atoms with Crippen LogP contribution < -0.4 is 5.32 Å². The number of aliphatic carboxylic acids is 1. The number of piperidine rings is 1. The average Bonchev–Trinajstić information content (AvgIpc) is 3.42. The smallest absolute Gasteiger partial charge is 0.360 e. The van der Waals surface area contributed by atoms with E-state index in [1.54, 1.807) is 5.38 Å². The molecule has 1 fully saturated rings. The third kappa shape index (κ3) is 5.14. The Hall–Kier alpha value is -4.50. The Morgan fingerprint density at radius 3 is 1.97 bits per heavy atom. The number of benzene rings is 3. The number of hydroxylamine groups is 2. The fourth-order valence-electron chi connectivity index (χ4n) is 4.53. The molecule has 0 spiro atoms. The summed E-state index contributed by atoms with van der Waals surface area (Å²) in [5.74, 6) is -1.52. The molecule has 192 valence electrons. The second-order valence-corrected chi connectivity index (χ2v) is 9.65. The van der Waals surface area contributed by atoms with Gasteiger partial charge in [0, 0.05) is 11.8 Å². The molecule has 4 aromatic rings. The molecule has 1 aliphatic rings. The van der Waals surface area contributed by atoms with Crippen molar-refractivity contribution in [2.45, 2.75) is 24.8 Å². The van der Waals surface area contributed by atoms with Crippen LogP contribution in [0.15, 0.2) is 102 Å². The average molecular weight is 527 g/mol. The summed E-state index contributed by atoms with van der Waals surface area (Å²) < 4.78 is 0. The molecule has 3 aromatic carbocycles. The second kappa shape index (κ2) is 11.3. The van der Waals surface area contributed by atoms with E-state index in [-0.39, 0.29) is 17.3 Å². The van der Waals surface area contributed by atoms with Crippen molar-refractivity contribution in [1.29, 1.82) is 0 Å². The van der Waals surface area contributed by atoms with Gasteiger partial charge in [0.2, 0.25) is 5.71 Å². The van der Waals surface area contributed by atoms with Crippen LogP contribution in [0.2, 0.25) is 0 Å². The number of nitrogens with zero attached hydrogens (tertiary/aromatic N) is 3. The van der Waals surface area contributed by atoms with Crippen molar-refractivity contribution in [2.75, 3.05) is 11.9 Å². The number of nitrogens with one attached hydrogen (secondary N) is 1. The van der Waals surface area contributed by atoms with Gasteiger partial charge in [0.1, 0.15) is 11.2 Å². The van der Waals surface area contributed by atoms with Gasteiger partial charge in [-0.1, -0.05) is 91.0 Å². The first-order chi connectivity index (χ1) is 18.6. The number of amides is 1. The lowest BCUT2D eigenvalue weighted by Crippen LogP contribution is -2.38. The predicted octanol–water partition coefficient (Wildman–Crippen LogP) is 5.28. The van der Waals surface area contributed by atoms with Gasteiger partial charge in [0.25, 0.3) is 5.91 Å². The van der Waals surface area contributed by atoms with E-state index < -0.39 is 11.5 Å². The third-order valence-corrected chi connectivity index (χ3v) is 7.13. The first-order valence-corrected chi connectivity index (χ1v) is 13.2. The lowest BCUT2D eigenvalue weighted by atomic mass is 9.77. The first kappa shape index (κ1) is 25.2. The molecular formula is C29H26N4O4S. The molecule has 0 aliphatic carbocycles. The number of aromatic nitrogens is 1. The van der Waals surface area contributed by atoms with Crippen molar-refractivity contribution in [3.05, 3.63) is 119 Å². The second-order valence-electron chi connectivity index (χ2n) is 8.79. The maximum atomic E-state index is 12.0. The standard InChI is InChI=1S/C29H26N4O4S/c34-25-18-10-11-19-33(25)37-32-26(27(35)36)24-20-38-28(30-24)31-29(21-12-4-1-5-13-21,22-14-6-2-7-15-22)23-16-8-3-9-17-23/h1-9,12-17,20H,10-11,18-19H2,(H,30,31)(H,35,36). The van der Waals surface area contributed by atoms with E-state index in [1.807, 2.05) is 54.6 Å². The Kier molecular flexibility index (Phi) is 7.46. The highest BCUT2D eigenvalue weighted by molar-refractivity contribution is 7.14. The highest BCUT2D eigenvalue weighted by Gasteiger charge is 2.37. The van der Waals surface area contributed by atoms with Crippen LogP contribution in [0.4, 0.5) is 5.13 Å². The highest BCUT2D eigenvalue weighted by atomic mass is 32.1. The van der Waals surface area contributed by atoms with Crippen LogP contribution in [0, 0.1) is 0 Å². The number of carboxylic acids is 1. The zero-order valence-corrected chi connectivity index (χ0v) is 21.3. The number of carboxylic acid groups (broad SMARTS) is 1. The van der Waals surface area contributed by atoms with E-state index in [0.29, 0.717) is 18.1 Å². The largest absolute Gasteiger partial charge is 0.476 e. The van der Waals surface area contributed by atoms with Crippen LogP contribution in [0.25, 0.3) is 0 Å². The molecule has 0 radical (unpaired) electrons. The van der Waals surface area contributed by atoms with Crippen molar-refractivity contribution in [2.24, 2.45) is 5.16 Å². The zero-order valence-electron chi connectivity index (χ0n) is 20.5. The maximum Gasteiger partial charge on any atom is 0.360 e. The molecule has 5 rings (SSSR count). The number of hydrogen-bond acceptors (Lipinski definition) is 7. The molecule has 2 N–H and O–H groups in total. The number of carbonyl (C=O) groups excluding carboxylic acids is 1. The highest BCUT2D eigenvalue weighted by Crippen LogP contribution is 2.40. The van der Waals surface area contributed by atoms with Crippen molar-refractivity contribution in [3.63, 3.8) is 0 Å². The fourth-order valence-corrected chi connectivity index (χ4v) is 5.28. The van der Waals surface area contributed by atoms with Crippen LogP contribution in [-0.4, -0.2) is 39.3 Å². The monoisotopic (exact) mass is 526 g/mol. The molecule has 2 heterocycles. The van der Waals surface area contributed by atoms with E-state index in [2.05, 4.69) is 51.9 Å². The quantitative estimate of drug-likeness (QED) is 0.175. The molecule has 1 aliphatic heterocycles. The fraction of sp³-hybridized carbons (Fsp3) is 0.172. The minimum absolute atomic E-state index is 0.137. The lowest BCUT2D eigenvalue weighted by Gasteiger charge is -2.36. The normalized spacial score (nSPS) is 14.3. The van der Waals surface area contributed by atoms with E-state index in [1.165, 1.54) is 11.3 Å². The van der Waals surface area contributed by atoms with Crippen LogP contribution in [0.3, 0.4) is 0 Å². The molecule has 1 aromatic heterocycles. The molecule has 1 saturated heterocycles. The van der Waals surface area contributed by atoms with Crippen molar-refractivity contribution >= 4 is 34.1 Å². The lowest BCUT2D eigenvalue weighted by molar-refractivity contribution is -0.191. The van der Waals surface area contributed by atoms with Gasteiger partial charge in [-0.2, -0.15) is 0 Å². The first-order valence-electron chi connectivity index (χ1n) is 12.3. The van der Waals surface area contributed by atoms with E-state index in [9.17, 15) is 14.7 Å². The minimum atomic E-state index is -1.30. The summed E-state index contributed by atoms with van der Waals surface area (Å²) in [4.78, 5) is 33.9. The molecule has 1 amide bonds. The number of oxime groups is 1. The summed E-state index contributed by atoms with van der Waals surface area (Å²) in [5, 5.41) is 20.5. The van der Waals surface area contributed by atoms with Crippen LogP contribution >= 0.6 is 11.3 Å². The van der Waals surface area contributed by atoms with Gasteiger partial charge in [0.15, 0.2) is 5.13 Å². The number of thiazole rings is 1. The summed E-state index contributed by atoms with van der Waals surface area (Å²) in [6, 6.07) is 30.1.